The van der Waals surface area contributed by atoms with Gasteiger partial charge in [-0.3, -0.25) is 20.4 Å². The Balaban J connectivity index is 1.41. The van der Waals surface area contributed by atoms with Gasteiger partial charge in [-0.05, 0) is 78.9 Å². The van der Waals surface area contributed by atoms with Crippen molar-refractivity contribution in [2.24, 2.45) is 0 Å². The number of aromatic carboxylic acids is 1. The van der Waals surface area contributed by atoms with Crippen LogP contribution >= 0.6 is 46.4 Å². The highest BCUT2D eigenvalue weighted by Gasteiger charge is 2.24. The van der Waals surface area contributed by atoms with Crippen LogP contribution in [0.25, 0.3) is 0 Å². The predicted octanol–water partition coefficient (Wildman–Crippen LogP) is 8.99. The Morgan fingerprint density at radius 3 is 1.77 bits per heavy atom. The van der Waals surface area contributed by atoms with Crippen LogP contribution in [-0.4, -0.2) is 22.2 Å². The van der Waals surface area contributed by atoms with Crippen molar-refractivity contribution in [3.8, 4) is 0 Å². The maximum Gasteiger partial charge on any atom is 0.338 e. The number of anilines is 2. The summed E-state index contributed by atoms with van der Waals surface area (Å²) in [5.41, 5.74) is 8.58. The van der Waals surface area contributed by atoms with Crippen LogP contribution in [0.2, 0.25) is 20.1 Å². The van der Waals surface area contributed by atoms with E-state index in [-0.39, 0.29) is 34.4 Å². The molecule has 224 valence electrons. The number of benzene rings is 4. The summed E-state index contributed by atoms with van der Waals surface area (Å²) in [6.07, 6.45) is 0.628. The van der Waals surface area contributed by atoms with Crippen molar-refractivity contribution in [3.63, 3.8) is 0 Å². The van der Waals surface area contributed by atoms with Gasteiger partial charge in [-0.2, -0.15) is 0 Å². The third kappa shape index (κ3) is 7.79. The van der Waals surface area contributed by atoms with E-state index in [1.807, 2.05) is 44.2 Å². The van der Waals surface area contributed by atoms with Crippen LogP contribution in [0.3, 0.4) is 0 Å². The minimum absolute atomic E-state index is 0.0124. The highest BCUT2D eigenvalue weighted by Crippen LogP contribution is 2.30. The highest BCUT2D eigenvalue weighted by atomic mass is 35.5. The van der Waals surface area contributed by atoms with Gasteiger partial charge in [-0.25, -0.2) is 9.68 Å². The smallest absolute Gasteiger partial charge is 0.338 e. The summed E-state index contributed by atoms with van der Waals surface area (Å²) in [5, 5.41) is 21.9. The Bertz CT molecular complexity index is 1700. The Morgan fingerprint density at radius 2 is 1.23 bits per heavy atom. The molecule has 0 bridgehead atoms. The average molecular weight is 664 g/mol. The molecule has 0 heterocycles. The first-order valence-electron chi connectivity index (χ1n) is 12.8. The lowest BCUT2D eigenvalue weighted by Crippen LogP contribution is -2.18. The van der Waals surface area contributed by atoms with Crippen molar-refractivity contribution >= 4 is 69.7 Å². The molecule has 4 rings (SSSR count). The van der Waals surface area contributed by atoms with Crippen molar-refractivity contribution < 1.29 is 29.7 Å². The fourth-order valence-corrected chi connectivity index (χ4v) is 5.47. The Labute approximate surface area is 267 Å². The number of amides is 1. The fourth-order valence-electron chi connectivity index (χ4n) is 4.53. The van der Waals surface area contributed by atoms with Gasteiger partial charge in [-0.15, -0.1) is 0 Å². The Kier molecular flexibility index (Phi) is 10.9. The third-order valence-electron chi connectivity index (χ3n) is 6.71. The maximum atomic E-state index is 13.0. The standard InChI is InChI=1S/C31H26Cl4N2O6/c1-16-11-18(3-9-26(16)36-30(38)28-24(34)7-8-25(35)29(28)31(39)40)13-19-4-10-27(17(2)12-19)37-42-14-20-21(15-43-41)23(33)6-5-22(20)32/h3-12,37,41H,13-15H2,1-2H3,(H,36,38)(H,39,40). The van der Waals surface area contributed by atoms with Gasteiger partial charge >= 0.3 is 5.97 Å². The second-order valence-electron chi connectivity index (χ2n) is 9.66. The molecule has 0 spiro atoms. The van der Waals surface area contributed by atoms with E-state index in [1.165, 1.54) is 12.1 Å². The van der Waals surface area contributed by atoms with Crippen LogP contribution < -0.4 is 10.8 Å². The van der Waals surface area contributed by atoms with E-state index in [2.05, 4.69) is 15.7 Å². The molecule has 0 saturated carbocycles. The van der Waals surface area contributed by atoms with Crippen molar-refractivity contribution in [1.82, 2.24) is 0 Å². The molecule has 1 amide bonds. The van der Waals surface area contributed by atoms with E-state index in [1.54, 1.807) is 18.2 Å². The van der Waals surface area contributed by atoms with E-state index in [0.717, 1.165) is 27.9 Å². The quantitative estimate of drug-likeness (QED) is 0.0934. The van der Waals surface area contributed by atoms with Crippen LogP contribution in [0.15, 0.2) is 60.7 Å². The highest BCUT2D eigenvalue weighted by molar-refractivity contribution is 6.39. The lowest BCUT2D eigenvalue weighted by molar-refractivity contribution is -0.253. The van der Waals surface area contributed by atoms with E-state index < -0.39 is 11.9 Å². The van der Waals surface area contributed by atoms with Gasteiger partial charge < -0.3 is 10.4 Å². The number of hydrogen-bond acceptors (Lipinski definition) is 6. The molecule has 8 nitrogen and oxygen atoms in total. The third-order valence-corrected chi connectivity index (χ3v) is 8.05. The summed E-state index contributed by atoms with van der Waals surface area (Å²) in [6, 6.07) is 17.5. The maximum absolute atomic E-state index is 13.0. The number of carbonyl (C=O) groups is 2. The number of aryl methyl sites for hydroxylation is 2. The number of halogens is 4. The molecule has 0 aliphatic rings. The monoisotopic (exact) mass is 662 g/mol. The molecule has 4 aromatic rings. The van der Waals surface area contributed by atoms with Crippen molar-refractivity contribution in [3.05, 3.63) is 125 Å². The molecule has 0 aliphatic heterocycles. The van der Waals surface area contributed by atoms with Gasteiger partial charge in [0, 0.05) is 26.9 Å². The van der Waals surface area contributed by atoms with Crippen molar-refractivity contribution in [2.45, 2.75) is 33.5 Å². The molecule has 0 atom stereocenters. The number of carboxylic acids is 1. The van der Waals surface area contributed by atoms with Crippen LogP contribution in [-0.2, 0) is 29.4 Å². The van der Waals surface area contributed by atoms with Crippen LogP contribution in [0.4, 0.5) is 11.4 Å². The molecular formula is C31H26Cl4N2O6. The molecule has 0 fully saturated rings. The summed E-state index contributed by atoms with van der Waals surface area (Å²) < 4.78 is 0. The lowest BCUT2D eigenvalue weighted by atomic mass is 10.00. The lowest BCUT2D eigenvalue weighted by Gasteiger charge is -2.15. The number of rotatable bonds is 11. The second-order valence-corrected chi connectivity index (χ2v) is 11.3. The summed E-state index contributed by atoms with van der Waals surface area (Å²) in [6.45, 7) is 3.75. The molecule has 0 unspecified atom stereocenters. The molecule has 0 saturated heterocycles. The minimum atomic E-state index is -1.35. The molecule has 0 aliphatic carbocycles. The van der Waals surface area contributed by atoms with Crippen molar-refractivity contribution in [2.75, 3.05) is 10.8 Å². The van der Waals surface area contributed by atoms with E-state index in [0.29, 0.717) is 33.3 Å². The largest absolute Gasteiger partial charge is 0.478 e. The van der Waals surface area contributed by atoms with E-state index in [9.17, 15) is 14.7 Å². The normalized spacial score (nSPS) is 11.0. The zero-order chi connectivity index (χ0) is 31.3. The minimum Gasteiger partial charge on any atom is -0.478 e. The Morgan fingerprint density at radius 1 is 0.721 bits per heavy atom. The van der Waals surface area contributed by atoms with Gasteiger partial charge in [0.1, 0.15) is 13.2 Å². The molecule has 0 aromatic heterocycles. The first kappa shape index (κ1) is 32.6. The van der Waals surface area contributed by atoms with Gasteiger partial charge in [-0.1, -0.05) is 70.7 Å². The van der Waals surface area contributed by atoms with Gasteiger partial charge in [0.25, 0.3) is 5.91 Å². The second kappa shape index (κ2) is 14.4. The number of nitrogens with one attached hydrogen (secondary N) is 2. The van der Waals surface area contributed by atoms with Crippen LogP contribution in [0.5, 0.6) is 0 Å². The predicted molar refractivity (Wildman–Crippen MR) is 169 cm³/mol. The molecule has 12 heteroatoms. The number of hydrogen-bond donors (Lipinski definition) is 4. The molecular weight excluding hydrogens is 638 g/mol. The van der Waals surface area contributed by atoms with Crippen molar-refractivity contribution in [1.29, 1.82) is 0 Å². The fraction of sp³-hybridized carbons (Fsp3) is 0.161. The molecule has 4 N–H and O–H groups in total. The first-order valence-corrected chi connectivity index (χ1v) is 14.3. The van der Waals surface area contributed by atoms with Gasteiger partial charge in [0.2, 0.25) is 0 Å². The summed E-state index contributed by atoms with van der Waals surface area (Å²) in [5.74, 6) is -2.02. The molecule has 0 radical (unpaired) electrons. The Hall–Kier alpha value is -3.34. The number of carboxylic acid groups (broad SMARTS) is 1. The summed E-state index contributed by atoms with van der Waals surface area (Å²) in [4.78, 5) is 34.6. The van der Waals surface area contributed by atoms with Crippen LogP contribution in [0, 0.1) is 13.8 Å². The number of carbonyl (C=O) groups excluding carboxylic acids is 1. The summed E-state index contributed by atoms with van der Waals surface area (Å²) >= 11 is 24.7. The molecule has 43 heavy (non-hydrogen) atoms. The average Bonchev–Trinajstić information content (AvgIpc) is 2.95. The summed E-state index contributed by atoms with van der Waals surface area (Å²) in [7, 11) is 0. The first-order chi connectivity index (χ1) is 20.5. The SMILES string of the molecule is Cc1cc(Cc2ccc(NC(=O)c3c(Cl)ccc(Cl)c3C(=O)O)c(C)c2)ccc1NOCc1c(Cl)ccc(Cl)c1COO. The zero-order valence-electron chi connectivity index (χ0n) is 22.9. The van der Waals surface area contributed by atoms with Crippen LogP contribution in [0.1, 0.15) is 54.1 Å². The van der Waals surface area contributed by atoms with Gasteiger partial charge in [0.15, 0.2) is 0 Å². The van der Waals surface area contributed by atoms with E-state index in [4.69, 9.17) is 56.5 Å². The van der Waals surface area contributed by atoms with Gasteiger partial charge in [0.05, 0.1) is 26.9 Å². The molecule has 4 aromatic carbocycles. The van der Waals surface area contributed by atoms with E-state index >= 15 is 0 Å². The topological polar surface area (TPSA) is 117 Å². The zero-order valence-corrected chi connectivity index (χ0v) is 26.0.